The maximum atomic E-state index is 13.8. The standard InChI is InChI=1S/C28H31F3N4O5S3/c29-28(30,31)42(37,38)26-19-24(43(39,40)34-27(36)21-7-3-1-4-8-21)11-12-25(26)33-22(13-16-35-17-14-32-15-18-35)20-41-23-9-5-2-6-10-23/h1-12,19,22,32-33H,13-18,20H2,(H,34,36). The van der Waals surface area contributed by atoms with Crippen LogP contribution in [0.4, 0.5) is 18.9 Å². The molecule has 3 N–H and O–H groups in total. The quantitative estimate of drug-likeness (QED) is 0.249. The van der Waals surface area contributed by atoms with Crippen LogP contribution >= 0.6 is 11.8 Å². The van der Waals surface area contributed by atoms with E-state index in [4.69, 9.17) is 0 Å². The number of piperazine rings is 1. The van der Waals surface area contributed by atoms with Crippen molar-refractivity contribution in [2.24, 2.45) is 0 Å². The van der Waals surface area contributed by atoms with Crippen LogP contribution in [0.15, 0.2) is 93.5 Å². The fourth-order valence-corrected chi connectivity index (χ4v) is 7.39. The lowest BCUT2D eigenvalue weighted by molar-refractivity contribution is -0.0435. The van der Waals surface area contributed by atoms with E-state index in [0.717, 1.165) is 43.2 Å². The van der Waals surface area contributed by atoms with Crippen LogP contribution in [0.3, 0.4) is 0 Å². The molecule has 43 heavy (non-hydrogen) atoms. The predicted molar refractivity (Wildman–Crippen MR) is 159 cm³/mol. The molecule has 0 bridgehead atoms. The summed E-state index contributed by atoms with van der Waals surface area (Å²) < 4.78 is 94.5. The Balaban J connectivity index is 1.65. The van der Waals surface area contributed by atoms with Crippen LogP contribution in [-0.4, -0.2) is 77.7 Å². The SMILES string of the molecule is O=C(NS(=O)(=O)c1ccc(NC(CCN2CCNCC2)CSc2ccccc2)c(S(=O)(=O)C(F)(F)F)c1)c1ccccc1. The Labute approximate surface area is 253 Å². The van der Waals surface area contributed by atoms with Gasteiger partial charge in [0, 0.05) is 55.0 Å². The number of alkyl halides is 3. The number of thioether (sulfide) groups is 1. The largest absolute Gasteiger partial charge is 0.501 e. The van der Waals surface area contributed by atoms with Crippen molar-refractivity contribution in [3.05, 3.63) is 84.4 Å². The number of hydrogen-bond acceptors (Lipinski definition) is 9. The summed E-state index contributed by atoms with van der Waals surface area (Å²) in [4.78, 5) is 13.6. The van der Waals surface area contributed by atoms with Crippen LogP contribution in [0.25, 0.3) is 0 Å². The maximum Gasteiger partial charge on any atom is 0.501 e. The van der Waals surface area contributed by atoms with Gasteiger partial charge in [-0.2, -0.15) is 13.2 Å². The highest BCUT2D eigenvalue weighted by atomic mass is 32.2. The molecule has 0 aromatic heterocycles. The minimum Gasteiger partial charge on any atom is -0.380 e. The molecule has 9 nitrogen and oxygen atoms in total. The Kier molecular flexibility index (Phi) is 10.8. The van der Waals surface area contributed by atoms with Gasteiger partial charge in [-0.1, -0.05) is 36.4 Å². The van der Waals surface area contributed by atoms with Gasteiger partial charge in [0.2, 0.25) is 0 Å². The van der Waals surface area contributed by atoms with Crippen molar-refractivity contribution in [2.75, 3.05) is 43.8 Å². The van der Waals surface area contributed by atoms with Crippen LogP contribution < -0.4 is 15.4 Å². The molecule has 0 saturated carbocycles. The molecule has 1 amide bonds. The van der Waals surface area contributed by atoms with E-state index < -0.39 is 47.1 Å². The molecule has 3 aromatic rings. The Morgan fingerprint density at radius 3 is 2.19 bits per heavy atom. The molecule has 15 heteroatoms. The summed E-state index contributed by atoms with van der Waals surface area (Å²) in [6, 6.07) is 18.6. The number of benzene rings is 3. The van der Waals surface area contributed by atoms with Gasteiger partial charge in [-0.25, -0.2) is 21.6 Å². The third kappa shape index (κ3) is 8.72. The first kappa shape index (κ1) is 32.8. The van der Waals surface area contributed by atoms with E-state index >= 15 is 0 Å². The monoisotopic (exact) mass is 656 g/mol. The summed E-state index contributed by atoms with van der Waals surface area (Å²) >= 11 is 1.46. The molecule has 1 fully saturated rings. The molecule has 3 aromatic carbocycles. The number of anilines is 1. The molecule has 232 valence electrons. The summed E-state index contributed by atoms with van der Waals surface area (Å²) in [5.74, 6) is -0.622. The van der Waals surface area contributed by atoms with Gasteiger partial charge in [0.25, 0.3) is 25.8 Å². The summed E-state index contributed by atoms with van der Waals surface area (Å²) in [7, 11) is -10.7. The predicted octanol–water partition coefficient (Wildman–Crippen LogP) is 3.97. The van der Waals surface area contributed by atoms with Gasteiger partial charge in [-0.15, -0.1) is 11.8 Å². The average molecular weight is 657 g/mol. The van der Waals surface area contributed by atoms with Crippen LogP contribution in [0.5, 0.6) is 0 Å². The van der Waals surface area contributed by atoms with Crippen LogP contribution in [0.2, 0.25) is 0 Å². The fourth-order valence-electron chi connectivity index (χ4n) is 4.37. The second-order valence-electron chi connectivity index (χ2n) is 9.75. The van der Waals surface area contributed by atoms with Gasteiger partial charge < -0.3 is 15.5 Å². The highest BCUT2D eigenvalue weighted by Gasteiger charge is 2.48. The van der Waals surface area contributed by atoms with E-state index in [1.165, 1.54) is 36.0 Å². The molecule has 1 unspecified atom stereocenters. The number of carbonyl (C=O) groups excluding carboxylic acids is 1. The van der Waals surface area contributed by atoms with Gasteiger partial charge in [-0.3, -0.25) is 4.79 Å². The molecule has 0 spiro atoms. The van der Waals surface area contributed by atoms with Crippen molar-refractivity contribution < 1.29 is 34.8 Å². The van der Waals surface area contributed by atoms with Gasteiger partial charge in [0.1, 0.15) is 4.90 Å². The summed E-state index contributed by atoms with van der Waals surface area (Å²) in [6.45, 7) is 3.83. The average Bonchev–Trinajstić information content (AvgIpc) is 2.99. The number of nitrogens with zero attached hydrogens (tertiary/aromatic N) is 1. The molecular weight excluding hydrogens is 626 g/mol. The second kappa shape index (κ2) is 14.1. The highest BCUT2D eigenvalue weighted by molar-refractivity contribution is 7.99. The molecule has 1 aliphatic heterocycles. The first-order chi connectivity index (χ1) is 20.4. The van der Waals surface area contributed by atoms with E-state index in [9.17, 15) is 34.8 Å². The van der Waals surface area contributed by atoms with Crippen molar-refractivity contribution in [2.45, 2.75) is 32.7 Å². The highest BCUT2D eigenvalue weighted by Crippen LogP contribution is 2.36. The lowest BCUT2D eigenvalue weighted by atomic mass is 10.2. The molecule has 1 atom stereocenters. The van der Waals surface area contributed by atoms with Gasteiger partial charge in [-0.05, 0) is 48.9 Å². The molecule has 1 saturated heterocycles. The molecule has 0 radical (unpaired) electrons. The van der Waals surface area contributed by atoms with E-state index in [2.05, 4.69) is 15.5 Å². The first-order valence-electron chi connectivity index (χ1n) is 13.3. The first-order valence-corrected chi connectivity index (χ1v) is 17.3. The summed E-state index contributed by atoms with van der Waals surface area (Å²) in [5.41, 5.74) is -6.09. The minimum absolute atomic E-state index is 0.00394. The number of amides is 1. The molecule has 4 rings (SSSR count). The number of rotatable bonds is 12. The fraction of sp³-hybridized carbons (Fsp3) is 0.321. The Bertz CT molecular complexity index is 1600. The summed E-state index contributed by atoms with van der Waals surface area (Å²) in [5, 5.41) is 6.21. The normalized spacial score (nSPS) is 15.5. The topological polar surface area (TPSA) is 125 Å². The van der Waals surface area contributed by atoms with Gasteiger partial charge in [0.05, 0.1) is 10.6 Å². The van der Waals surface area contributed by atoms with Crippen molar-refractivity contribution in [3.8, 4) is 0 Å². The number of halogens is 3. The summed E-state index contributed by atoms with van der Waals surface area (Å²) in [6.07, 6.45) is 0.485. The lowest BCUT2D eigenvalue weighted by Crippen LogP contribution is -2.44. The van der Waals surface area contributed by atoms with E-state index in [-0.39, 0.29) is 11.3 Å². The second-order valence-corrected chi connectivity index (χ2v) is 14.4. The van der Waals surface area contributed by atoms with Crippen molar-refractivity contribution in [3.63, 3.8) is 0 Å². The van der Waals surface area contributed by atoms with Gasteiger partial charge in [0.15, 0.2) is 0 Å². The van der Waals surface area contributed by atoms with Crippen LogP contribution in [0.1, 0.15) is 16.8 Å². The van der Waals surface area contributed by atoms with E-state index in [1.54, 1.807) is 10.8 Å². The maximum absolute atomic E-state index is 13.8. The Hall–Kier alpha value is -3.11. The zero-order valence-electron chi connectivity index (χ0n) is 22.9. The minimum atomic E-state index is -5.98. The van der Waals surface area contributed by atoms with Crippen LogP contribution in [-0.2, 0) is 19.9 Å². The Morgan fingerprint density at radius 1 is 0.930 bits per heavy atom. The van der Waals surface area contributed by atoms with Gasteiger partial charge >= 0.3 is 5.51 Å². The zero-order valence-corrected chi connectivity index (χ0v) is 25.3. The van der Waals surface area contributed by atoms with Crippen molar-refractivity contribution >= 4 is 43.2 Å². The van der Waals surface area contributed by atoms with Crippen molar-refractivity contribution in [1.29, 1.82) is 0 Å². The van der Waals surface area contributed by atoms with E-state index in [0.29, 0.717) is 24.8 Å². The third-order valence-electron chi connectivity index (χ3n) is 6.68. The molecule has 1 aliphatic rings. The number of carbonyl (C=O) groups is 1. The third-order valence-corrected chi connectivity index (χ3v) is 10.7. The molecule has 1 heterocycles. The number of nitrogens with one attached hydrogen (secondary N) is 3. The lowest BCUT2D eigenvalue weighted by Gasteiger charge is -2.29. The van der Waals surface area contributed by atoms with E-state index in [1.807, 2.05) is 30.3 Å². The molecule has 0 aliphatic carbocycles. The van der Waals surface area contributed by atoms with Crippen LogP contribution in [0, 0.1) is 0 Å². The van der Waals surface area contributed by atoms with Crippen molar-refractivity contribution in [1.82, 2.24) is 14.9 Å². The number of sulfone groups is 1. The zero-order chi connectivity index (χ0) is 31.1. The Morgan fingerprint density at radius 2 is 1.56 bits per heavy atom. The number of sulfonamides is 1. The smallest absolute Gasteiger partial charge is 0.380 e. The molecular formula is C28H31F3N4O5S3. The number of hydrogen-bond donors (Lipinski definition) is 3.